The normalized spacial score (nSPS) is 18.4. The highest BCUT2D eigenvalue weighted by molar-refractivity contribution is 5.78. The molecule has 198 valence electrons. The van der Waals surface area contributed by atoms with Gasteiger partial charge in [0.05, 0.1) is 34.7 Å². The summed E-state index contributed by atoms with van der Waals surface area (Å²) in [4.78, 5) is 8.98. The summed E-state index contributed by atoms with van der Waals surface area (Å²) in [5, 5.41) is 24.4. The molecule has 5 heterocycles. The molecule has 9 nitrogen and oxygen atoms in total. The number of aryl methyl sites for hydroxylation is 3. The first-order chi connectivity index (χ1) is 18.2. The van der Waals surface area contributed by atoms with Crippen LogP contribution in [0.2, 0.25) is 0 Å². The van der Waals surface area contributed by atoms with Crippen LogP contribution in [0.25, 0.3) is 22.6 Å². The molecule has 4 aromatic rings. The Balaban J connectivity index is 1.64. The second-order valence-electron chi connectivity index (χ2n) is 11.0. The lowest BCUT2D eigenvalue weighted by Gasteiger charge is -2.36. The zero-order valence-corrected chi connectivity index (χ0v) is 22.3. The fraction of sp³-hybridized carbons (Fsp3) is 0.464. The lowest BCUT2D eigenvalue weighted by molar-refractivity contribution is 0.0543. The van der Waals surface area contributed by atoms with E-state index >= 15 is 4.39 Å². The topological polar surface area (TPSA) is 104 Å². The number of aromatic nitrogens is 7. The minimum absolute atomic E-state index is 0.156. The molecule has 0 amide bonds. The SMILES string of the molecule is Cc1nnn(C)c1-c1cnc2c(c1)C(C(c1ccncc1F)C1CCOCC1)c1c(C(C)(C)O)nn(C)c1-2. The Morgan fingerprint density at radius 2 is 1.89 bits per heavy atom. The number of hydrogen-bond acceptors (Lipinski definition) is 7. The number of halogens is 1. The lowest BCUT2D eigenvalue weighted by Crippen LogP contribution is -2.29. The van der Waals surface area contributed by atoms with E-state index in [2.05, 4.69) is 21.4 Å². The zero-order chi connectivity index (χ0) is 26.8. The Morgan fingerprint density at radius 3 is 2.55 bits per heavy atom. The molecule has 0 saturated carbocycles. The molecule has 1 N–H and O–H groups in total. The van der Waals surface area contributed by atoms with E-state index in [4.69, 9.17) is 14.8 Å². The van der Waals surface area contributed by atoms with Crippen LogP contribution in [0.4, 0.5) is 4.39 Å². The number of pyridine rings is 2. The Labute approximate surface area is 220 Å². The number of ether oxygens (including phenoxy) is 1. The lowest BCUT2D eigenvalue weighted by atomic mass is 9.69. The van der Waals surface area contributed by atoms with Crippen LogP contribution < -0.4 is 0 Å². The maximum absolute atomic E-state index is 15.5. The van der Waals surface area contributed by atoms with Crippen molar-refractivity contribution in [3.05, 3.63) is 64.6 Å². The van der Waals surface area contributed by atoms with Gasteiger partial charge in [0.1, 0.15) is 11.4 Å². The second-order valence-corrected chi connectivity index (χ2v) is 11.0. The van der Waals surface area contributed by atoms with Crippen molar-refractivity contribution >= 4 is 0 Å². The molecule has 0 aromatic carbocycles. The van der Waals surface area contributed by atoms with E-state index in [-0.39, 0.29) is 23.6 Å². The first-order valence-corrected chi connectivity index (χ1v) is 13.0. The Kier molecular flexibility index (Phi) is 5.92. The van der Waals surface area contributed by atoms with Crippen LogP contribution in [-0.4, -0.2) is 53.1 Å². The summed E-state index contributed by atoms with van der Waals surface area (Å²) in [6.45, 7) is 6.67. The summed E-state index contributed by atoms with van der Waals surface area (Å²) in [6, 6.07) is 3.93. The Hall–Kier alpha value is -3.50. The van der Waals surface area contributed by atoms with Crippen LogP contribution in [0.3, 0.4) is 0 Å². The van der Waals surface area contributed by atoms with Gasteiger partial charge in [0.2, 0.25) is 0 Å². The van der Waals surface area contributed by atoms with Crippen molar-refractivity contribution < 1.29 is 14.2 Å². The molecular weight excluding hydrogens is 485 g/mol. The van der Waals surface area contributed by atoms with Crippen molar-refractivity contribution in [3.63, 3.8) is 0 Å². The van der Waals surface area contributed by atoms with Crippen LogP contribution >= 0.6 is 0 Å². The van der Waals surface area contributed by atoms with Crippen molar-refractivity contribution in [2.24, 2.45) is 20.0 Å². The van der Waals surface area contributed by atoms with Crippen LogP contribution in [-0.2, 0) is 24.4 Å². The number of nitrogens with zero attached hydrogens (tertiary/aromatic N) is 7. The van der Waals surface area contributed by atoms with Gasteiger partial charge in [-0.05, 0) is 62.8 Å². The third kappa shape index (κ3) is 3.85. The largest absolute Gasteiger partial charge is 0.384 e. The molecule has 0 bridgehead atoms. The zero-order valence-electron chi connectivity index (χ0n) is 22.3. The summed E-state index contributed by atoms with van der Waals surface area (Å²) in [6.07, 6.45) is 6.40. The number of hydrogen-bond donors (Lipinski definition) is 1. The first kappa shape index (κ1) is 24.8. The fourth-order valence-electron chi connectivity index (χ4n) is 6.44. The van der Waals surface area contributed by atoms with Gasteiger partial charge in [0.25, 0.3) is 0 Å². The molecule has 0 radical (unpaired) electrons. The molecule has 2 atom stereocenters. The van der Waals surface area contributed by atoms with Gasteiger partial charge in [-0.2, -0.15) is 5.10 Å². The molecule has 2 unspecified atom stereocenters. The predicted octanol–water partition coefficient (Wildman–Crippen LogP) is 4.00. The molecule has 1 saturated heterocycles. The van der Waals surface area contributed by atoms with Crippen LogP contribution in [0, 0.1) is 18.7 Å². The highest BCUT2D eigenvalue weighted by Crippen LogP contribution is 2.56. The summed E-state index contributed by atoms with van der Waals surface area (Å²) >= 11 is 0. The van der Waals surface area contributed by atoms with Gasteiger partial charge in [0, 0.05) is 62.7 Å². The maximum atomic E-state index is 15.5. The smallest absolute Gasteiger partial charge is 0.144 e. The first-order valence-electron chi connectivity index (χ1n) is 13.0. The van der Waals surface area contributed by atoms with Crippen molar-refractivity contribution in [1.82, 2.24) is 34.7 Å². The average molecular weight is 518 g/mol. The summed E-state index contributed by atoms with van der Waals surface area (Å²) in [7, 11) is 3.74. The van der Waals surface area contributed by atoms with Crippen molar-refractivity contribution in [3.8, 4) is 22.6 Å². The molecule has 1 aliphatic carbocycles. The van der Waals surface area contributed by atoms with Gasteiger partial charge in [0.15, 0.2) is 0 Å². The van der Waals surface area contributed by atoms with E-state index in [9.17, 15) is 5.11 Å². The maximum Gasteiger partial charge on any atom is 0.144 e. The average Bonchev–Trinajstić information content (AvgIpc) is 3.52. The monoisotopic (exact) mass is 517 g/mol. The van der Waals surface area contributed by atoms with Gasteiger partial charge in [-0.25, -0.2) is 9.07 Å². The number of fused-ring (bicyclic) bond motifs is 3. The van der Waals surface area contributed by atoms with Crippen LogP contribution in [0.5, 0.6) is 0 Å². The standard InChI is InChI=1S/C28H32FN7O2/c1-15-25(36(5)34-32-15)17-12-19-22(21(16-7-10-38-11-8-16)18-6-9-30-14-20(18)29)23-26(24(19)31-13-17)35(4)33-27(23)28(2,3)37/h6,9,12-14,16,21-22,37H,7-8,10-11H2,1-5H3. The third-order valence-corrected chi connectivity index (χ3v) is 8.02. The van der Waals surface area contributed by atoms with Crippen molar-refractivity contribution in [2.45, 2.75) is 51.0 Å². The minimum Gasteiger partial charge on any atom is -0.384 e. The predicted molar refractivity (Wildman–Crippen MR) is 139 cm³/mol. The Bertz CT molecular complexity index is 1490. The van der Waals surface area contributed by atoms with Gasteiger partial charge in [-0.3, -0.25) is 14.6 Å². The molecule has 2 aliphatic rings. The molecule has 1 fully saturated rings. The summed E-state index contributed by atoms with van der Waals surface area (Å²) in [5.41, 5.74) is 6.15. The van der Waals surface area contributed by atoms with E-state index in [1.165, 1.54) is 6.20 Å². The van der Waals surface area contributed by atoms with E-state index in [0.29, 0.717) is 24.5 Å². The van der Waals surface area contributed by atoms with Gasteiger partial charge in [-0.1, -0.05) is 5.21 Å². The van der Waals surface area contributed by atoms with Crippen molar-refractivity contribution in [2.75, 3.05) is 13.2 Å². The molecular formula is C28H32FN7O2. The van der Waals surface area contributed by atoms with Crippen LogP contribution in [0.15, 0.2) is 30.7 Å². The molecule has 38 heavy (non-hydrogen) atoms. The second kappa shape index (κ2) is 9.06. The molecule has 1 aliphatic heterocycles. The third-order valence-electron chi connectivity index (χ3n) is 8.02. The minimum atomic E-state index is -1.20. The highest BCUT2D eigenvalue weighted by Gasteiger charge is 2.47. The highest BCUT2D eigenvalue weighted by atomic mass is 19.1. The van der Waals surface area contributed by atoms with E-state index in [1.54, 1.807) is 35.5 Å². The summed E-state index contributed by atoms with van der Waals surface area (Å²) < 4.78 is 24.8. The molecule has 10 heteroatoms. The summed E-state index contributed by atoms with van der Waals surface area (Å²) in [5.74, 6) is -0.675. The van der Waals surface area contributed by atoms with E-state index in [0.717, 1.165) is 52.3 Å². The van der Waals surface area contributed by atoms with Crippen LogP contribution in [0.1, 0.15) is 66.6 Å². The van der Waals surface area contributed by atoms with Gasteiger partial charge >= 0.3 is 0 Å². The Morgan fingerprint density at radius 1 is 1.13 bits per heavy atom. The van der Waals surface area contributed by atoms with E-state index in [1.807, 2.05) is 27.2 Å². The van der Waals surface area contributed by atoms with E-state index < -0.39 is 5.60 Å². The number of rotatable bonds is 5. The number of aliphatic hydroxyl groups is 1. The van der Waals surface area contributed by atoms with Gasteiger partial charge < -0.3 is 9.84 Å². The molecule has 4 aromatic heterocycles. The molecule has 6 rings (SSSR count). The fourth-order valence-corrected chi connectivity index (χ4v) is 6.44. The van der Waals surface area contributed by atoms with Gasteiger partial charge in [-0.15, -0.1) is 5.10 Å². The molecule has 0 spiro atoms. The van der Waals surface area contributed by atoms with Crippen molar-refractivity contribution in [1.29, 1.82) is 0 Å². The quantitative estimate of drug-likeness (QED) is 0.427.